The summed E-state index contributed by atoms with van der Waals surface area (Å²) in [6, 6.07) is 3.82. The average molecular weight is 278 g/mol. The number of rotatable bonds is 4. The minimum absolute atomic E-state index is 0.0158. The first-order chi connectivity index (χ1) is 8.99. The normalized spacial score (nSPS) is 11.4. The Labute approximate surface area is 117 Å². The predicted octanol–water partition coefficient (Wildman–Crippen LogP) is 2.85. The molecule has 102 valence electrons. The molecule has 2 rings (SSSR count). The van der Waals surface area contributed by atoms with E-state index in [1.54, 1.807) is 13.3 Å². The number of methoxy groups -OCH3 is 1. The van der Waals surface area contributed by atoms with Gasteiger partial charge in [0.25, 0.3) is 0 Å². The highest BCUT2D eigenvalue weighted by Crippen LogP contribution is 2.23. The Morgan fingerprint density at radius 3 is 2.63 bits per heavy atom. The number of aromatic nitrogens is 3. The molecule has 2 aromatic rings. The number of hydrogen-bond donors (Lipinski definition) is 1. The molecule has 5 nitrogen and oxygen atoms in total. The highest BCUT2D eigenvalue weighted by atomic mass is 32.1. The van der Waals surface area contributed by atoms with Gasteiger partial charge < -0.3 is 10.1 Å². The second kappa shape index (κ2) is 5.52. The quantitative estimate of drug-likeness (QED) is 0.932. The molecular weight excluding hydrogens is 260 g/mol. The van der Waals surface area contributed by atoms with Gasteiger partial charge in [-0.25, -0.2) is 9.97 Å². The van der Waals surface area contributed by atoms with E-state index in [1.807, 2.05) is 12.1 Å². The van der Waals surface area contributed by atoms with Crippen LogP contribution in [-0.4, -0.2) is 21.5 Å². The van der Waals surface area contributed by atoms with Crippen LogP contribution >= 0.6 is 11.5 Å². The minimum atomic E-state index is -0.0158. The third-order valence-corrected chi connectivity index (χ3v) is 3.22. The van der Waals surface area contributed by atoms with Gasteiger partial charge in [0.1, 0.15) is 5.82 Å². The smallest absolute Gasteiger partial charge is 0.212 e. The average Bonchev–Trinajstić information content (AvgIpc) is 2.86. The lowest BCUT2D eigenvalue weighted by Gasteiger charge is -2.12. The fraction of sp³-hybridized carbons (Fsp3) is 0.462. The maximum Gasteiger partial charge on any atom is 0.212 e. The SMILES string of the molecule is COc1ccc(CNc2nc(C(C)(C)C)ns2)cn1. The zero-order valence-electron chi connectivity index (χ0n) is 11.6. The fourth-order valence-electron chi connectivity index (χ4n) is 1.41. The van der Waals surface area contributed by atoms with Crippen LogP contribution in [0.2, 0.25) is 0 Å². The predicted molar refractivity (Wildman–Crippen MR) is 76.7 cm³/mol. The van der Waals surface area contributed by atoms with Gasteiger partial charge in [-0.1, -0.05) is 26.8 Å². The van der Waals surface area contributed by atoms with Gasteiger partial charge in [-0.15, -0.1) is 0 Å². The van der Waals surface area contributed by atoms with E-state index in [2.05, 4.69) is 40.4 Å². The first-order valence-electron chi connectivity index (χ1n) is 6.06. The summed E-state index contributed by atoms with van der Waals surface area (Å²) in [6.07, 6.45) is 1.79. The van der Waals surface area contributed by atoms with Crippen molar-refractivity contribution in [2.24, 2.45) is 0 Å². The largest absolute Gasteiger partial charge is 0.481 e. The summed E-state index contributed by atoms with van der Waals surface area (Å²) in [5, 5.41) is 4.09. The van der Waals surface area contributed by atoms with Crippen LogP contribution in [0.3, 0.4) is 0 Å². The number of nitrogens with zero attached hydrogens (tertiary/aromatic N) is 3. The number of anilines is 1. The van der Waals surface area contributed by atoms with Gasteiger partial charge >= 0.3 is 0 Å². The van der Waals surface area contributed by atoms with Gasteiger partial charge in [0.05, 0.1) is 7.11 Å². The Kier molecular flexibility index (Phi) is 3.99. The molecule has 1 N–H and O–H groups in total. The van der Waals surface area contributed by atoms with Gasteiger partial charge in [-0.05, 0) is 5.56 Å². The van der Waals surface area contributed by atoms with Crippen LogP contribution in [0, 0.1) is 0 Å². The van der Waals surface area contributed by atoms with E-state index in [0.717, 1.165) is 16.5 Å². The second-order valence-corrected chi connectivity index (χ2v) is 5.99. The third-order valence-electron chi connectivity index (χ3n) is 2.55. The van der Waals surface area contributed by atoms with Crippen molar-refractivity contribution in [3.63, 3.8) is 0 Å². The molecule has 0 atom stereocenters. The first-order valence-corrected chi connectivity index (χ1v) is 6.83. The molecule has 0 bridgehead atoms. The van der Waals surface area contributed by atoms with Crippen molar-refractivity contribution in [2.75, 3.05) is 12.4 Å². The molecule has 2 aromatic heterocycles. The first kappa shape index (κ1) is 13.7. The lowest BCUT2D eigenvalue weighted by atomic mass is 9.96. The number of pyridine rings is 1. The molecule has 0 aliphatic rings. The van der Waals surface area contributed by atoms with Gasteiger partial charge in [-0.3, -0.25) is 0 Å². The van der Waals surface area contributed by atoms with E-state index >= 15 is 0 Å². The van der Waals surface area contributed by atoms with Gasteiger partial charge in [0, 0.05) is 35.8 Å². The standard InChI is InChI=1S/C13H18N4OS/c1-13(2,3)11-16-12(19-17-11)15-8-9-5-6-10(18-4)14-7-9/h5-7H,8H2,1-4H3,(H,15,16,17). The van der Waals surface area contributed by atoms with Gasteiger partial charge in [0.2, 0.25) is 11.0 Å². The Bertz CT molecular complexity index is 530. The lowest BCUT2D eigenvalue weighted by molar-refractivity contribution is 0.397. The Balaban J connectivity index is 1.96. The summed E-state index contributed by atoms with van der Waals surface area (Å²) in [5.74, 6) is 1.49. The highest BCUT2D eigenvalue weighted by Gasteiger charge is 2.19. The van der Waals surface area contributed by atoms with Crippen LogP contribution in [0.25, 0.3) is 0 Å². The lowest BCUT2D eigenvalue weighted by Crippen LogP contribution is -2.13. The van der Waals surface area contributed by atoms with Crippen LogP contribution < -0.4 is 10.1 Å². The van der Waals surface area contributed by atoms with Crippen molar-refractivity contribution in [3.8, 4) is 5.88 Å². The molecule has 0 fully saturated rings. The van der Waals surface area contributed by atoms with Crippen molar-refractivity contribution in [2.45, 2.75) is 32.7 Å². The summed E-state index contributed by atoms with van der Waals surface area (Å²) in [5.41, 5.74) is 1.06. The van der Waals surface area contributed by atoms with Crippen molar-refractivity contribution in [3.05, 3.63) is 29.7 Å². The molecule has 19 heavy (non-hydrogen) atoms. The van der Waals surface area contributed by atoms with Crippen molar-refractivity contribution < 1.29 is 4.74 Å². The summed E-state index contributed by atoms with van der Waals surface area (Å²) in [6.45, 7) is 6.99. The second-order valence-electron chi connectivity index (χ2n) is 5.24. The van der Waals surface area contributed by atoms with E-state index in [4.69, 9.17) is 4.74 Å². The fourth-order valence-corrected chi connectivity index (χ4v) is 2.17. The van der Waals surface area contributed by atoms with Crippen LogP contribution in [0.5, 0.6) is 5.88 Å². The van der Waals surface area contributed by atoms with E-state index in [9.17, 15) is 0 Å². The molecule has 0 aliphatic carbocycles. The zero-order chi connectivity index (χ0) is 13.9. The van der Waals surface area contributed by atoms with E-state index in [-0.39, 0.29) is 5.41 Å². The number of ether oxygens (including phenoxy) is 1. The molecule has 6 heteroatoms. The summed E-state index contributed by atoms with van der Waals surface area (Å²) < 4.78 is 9.38. The summed E-state index contributed by atoms with van der Waals surface area (Å²) in [7, 11) is 1.61. The maximum atomic E-state index is 5.02. The van der Waals surface area contributed by atoms with E-state index in [0.29, 0.717) is 12.4 Å². The number of hydrogen-bond acceptors (Lipinski definition) is 6. The molecule has 0 aliphatic heterocycles. The monoisotopic (exact) mass is 278 g/mol. The van der Waals surface area contributed by atoms with Crippen molar-refractivity contribution in [1.82, 2.24) is 14.3 Å². The van der Waals surface area contributed by atoms with Crippen LogP contribution in [0.15, 0.2) is 18.3 Å². The molecular formula is C13H18N4OS. The minimum Gasteiger partial charge on any atom is -0.481 e. The zero-order valence-corrected chi connectivity index (χ0v) is 12.4. The maximum absolute atomic E-state index is 5.02. The molecule has 0 unspecified atom stereocenters. The Morgan fingerprint density at radius 2 is 2.11 bits per heavy atom. The van der Waals surface area contributed by atoms with E-state index < -0.39 is 0 Å². The molecule has 0 aromatic carbocycles. The Morgan fingerprint density at radius 1 is 1.32 bits per heavy atom. The molecule has 2 heterocycles. The van der Waals surface area contributed by atoms with Crippen LogP contribution in [0.4, 0.5) is 5.13 Å². The summed E-state index contributed by atoms with van der Waals surface area (Å²) >= 11 is 1.39. The van der Waals surface area contributed by atoms with Crippen molar-refractivity contribution >= 4 is 16.7 Å². The summed E-state index contributed by atoms with van der Waals surface area (Å²) in [4.78, 5) is 8.64. The molecule has 0 amide bonds. The molecule has 0 radical (unpaired) electrons. The van der Waals surface area contributed by atoms with Crippen molar-refractivity contribution in [1.29, 1.82) is 0 Å². The van der Waals surface area contributed by atoms with Gasteiger partial charge in [-0.2, -0.15) is 4.37 Å². The number of nitrogens with one attached hydrogen (secondary N) is 1. The molecule has 0 saturated heterocycles. The van der Waals surface area contributed by atoms with Crippen LogP contribution in [-0.2, 0) is 12.0 Å². The molecule has 0 spiro atoms. The third kappa shape index (κ3) is 3.64. The van der Waals surface area contributed by atoms with E-state index in [1.165, 1.54) is 11.5 Å². The topological polar surface area (TPSA) is 59.9 Å². The van der Waals surface area contributed by atoms with Gasteiger partial charge in [0.15, 0.2) is 0 Å². The highest BCUT2D eigenvalue weighted by molar-refractivity contribution is 7.09. The van der Waals surface area contributed by atoms with Crippen LogP contribution in [0.1, 0.15) is 32.2 Å². The molecule has 0 saturated carbocycles. The Hall–Kier alpha value is -1.69.